The van der Waals surface area contributed by atoms with Crippen LogP contribution in [0.2, 0.25) is 5.02 Å². The molecular weight excluding hydrogens is 418 g/mol. The highest BCUT2D eigenvalue weighted by Gasteiger charge is 2.21. The lowest BCUT2D eigenvalue weighted by atomic mass is 10.0. The van der Waals surface area contributed by atoms with Crippen molar-refractivity contribution in [2.75, 3.05) is 11.1 Å². The van der Waals surface area contributed by atoms with E-state index in [0.29, 0.717) is 37.2 Å². The van der Waals surface area contributed by atoms with Crippen LogP contribution < -0.4 is 11.1 Å². The smallest absolute Gasteiger partial charge is 0.267 e. The predicted molar refractivity (Wildman–Crippen MR) is 123 cm³/mol. The van der Waals surface area contributed by atoms with Gasteiger partial charge in [-0.15, -0.1) is 11.3 Å². The third-order valence-corrected chi connectivity index (χ3v) is 6.23. The van der Waals surface area contributed by atoms with Crippen LogP contribution in [0.5, 0.6) is 0 Å². The molecule has 0 bridgehead atoms. The van der Waals surface area contributed by atoms with Crippen LogP contribution in [0.25, 0.3) is 10.2 Å². The van der Waals surface area contributed by atoms with Crippen LogP contribution in [0.3, 0.4) is 0 Å². The van der Waals surface area contributed by atoms with Crippen LogP contribution in [-0.4, -0.2) is 16.7 Å². The van der Waals surface area contributed by atoms with Crippen molar-refractivity contribution < 1.29 is 9.59 Å². The number of nitrogens with one attached hydrogen (secondary N) is 1. The minimum atomic E-state index is -0.393. The predicted octanol–water partition coefficient (Wildman–Crippen LogP) is 5.63. The van der Waals surface area contributed by atoms with Gasteiger partial charge in [0.05, 0.1) is 11.4 Å². The van der Waals surface area contributed by atoms with E-state index >= 15 is 0 Å². The largest absolute Gasteiger partial charge is 0.397 e. The molecule has 7 heteroatoms. The molecule has 2 aromatic carbocycles. The molecule has 0 aliphatic carbocycles. The fourth-order valence-electron chi connectivity index (χ4n) is 3.13. The molecular formula is C23H18ClN3O2S. The number of nitrogens with zero attached hydrogens (tertiary/aromatic N) is 1. The monoisotopic (exact) mass is 435 g/mol. The molecule has 0 saturated carbocycles. The van der Waals surface area contributed by atoms with Gasteiger partial charge in [0, 0.05) is 27.2 Å². The lowest BCUT2D eigenvalue weighted by molar-refractivity contribution is 0.103. The number of fused-ring (bicyclic) bond motifs is 1. The van der Waals surface area contributed by atoms with Crippen LogP contribution in [0, 0.1) is 13.8 Å². The van der Waals surface area contributed by atoms with Gasteiger partial charge >= 0.3 is 0 Å². The van der Waals surface area contributed by atoms with E-state index in [0.717, 1.165) is 16.6 Å². The average molecular weight is 436 g/mol. The van der Waals surface area contributed by atoms with Gasteiger partial charge < -0.3 is 11.1 Å². The number of anilines is 2. The molecule has 0 aliphatic heterocycles. The summed E-state index contributed by atoms with van der Waals surface area (Å²) < 4.78 is 0. The van der Waals surface area contributed by atoms with Gasteiger partial charge in [0.15, 0.2) is 5.78 Å². The van der Waals surface area contributed by atoms with Crippen molar-refractivity contribution >= 4 is 56.2 Å². The topological polar surface area (TPSA) is 85.1 Å². The Labute approximate surface area is 182 Å². The number of amides is 1. The lowest BCUT2D eigenvalue weighted by Crippen LogP contribution is -2.15. The number of hydrogen-bond acceptors (Lipinski definition) is 5. The zero-order valence-electron chi connectivity index (χ0n) is 16.3. The molecule has 0 aliphatic rings. The summed E-state index contributed by atoms with van der Waals surface area (Å²) in [6.45, 7) is 3.87. The van der Waals surface area contributed by atoms with Gasteiger partial charge in [-0.05, 0) is 43.7 Å². The number of rotatable bonds is 4. The minimum absolute atomic E-state index is 0.231. The fraction of sp³-hybridized carbons (Fsp3) is 0.0870. The second kappa shape index (κ2) is 7.89. The normalized spacial score (nSPS) is 10.9. The summed E-state index contributed by atoms with van der Waals surface area (Å²) in [6.07, 6.45) is 0. The second-order valence-corrected chi connectivity index (χ2v) is 8.36. The van der Waals surface area contributed by atoms with Crippen molar-refractivity contribution in [2.45, 2.75) is 13.8 Å². The molecule has 3 N–H and O–H groups in total. The van der Waals surface area contributed by atoms with E-state index in [9.17, 15) is 9.59 Å². The second-order valence-electron chi connectivity index (χ2n) is 6.93. The zero-order valence-corrected chi connectivity index (χ0v) is 17.9. The highest BCUT2D eigenvalue weighted by atomic mass is 35.5. The number of carbonyl (C=O) groups is 2. The van der Waals surface area contributed by atoms with Crippen molar-refractivity contribution in [2.24, 2.45) is 0 Å². The molecule has 2 aromatic heterocycles. The Morgan fingerprint density at radius 3 is 2.53 bits per heavy atom. The Morgan fingerprint density at radius 1 is 1.07 bits per heavy atom. The van der Waals surface area contributed by atoms with Crippen LogP contribution in [0.4, 0.5) is 11.4 Å². The number of aryl methyl sites for hydroxylation is 2. The average Bonchev–Trinajstić information content (AvgIpc) is 3.05. The minimum Gasteiger partial charge on any atom is -0.397 e. The number of nitrogens with two attached hydrogens (primary N) is 1. The Bertz CT molecular complexity index is 1300. The molecule has 150 valence electrons. The molecule has 30 heavy (non-hydrogen) atoms. The first-order valence-corrected chi connectivity index (χ1v) is 10.4. The molecule has 1 amide bonds. The molecule has 4 aromatic rings. The highest BCUT2D eigenvalue weighted by Crippen LogP contribution is 2.34. The van der Waals surface area contributed by atoms with E-state index in [1.54, 1.807) is 42.5 Å². The Hall–Kier alpha value is -3.22. The van der Waals surface area contributed by atoms with Crippen molar-refractivity contribution in [3.05, 3.63) is 86.9 Å². The number of carbonyl (C=O) groups excluding carboxylic acids is 2. The summed E-state index contributed by atoms with van der Waals surface area (Å²) in [5, 5.41) is 3.98. The quantitative estimate of drug-likeness (QED) is 0.406. The first-order chi connectivity index (χ1) is 14.3. The third kappa shape index (κ3) is 3.67. The number of thiophene rings is 1. The Morgan fingerprint density at radius 2 is 1.80 bits per heavy atom. The van der Waals surface area contributed by atoms with Gasteiger partial charge in [-0.1, -0.05) is 41.9 Å². The molecule has 0 unspecified atom stereocenters. The van der Waals surface area contributed by atoms with Crippen molar-refractivity contribution in [3.63, 3.8) is 0 Å². The van der Waals surface area contributed by atoms with Gasteiger partial charge in [0.1, 0.15) is 9.71 Å². The van der Waals surface area contributed by atoms with Crippen LogP contribution in [-0.2, 0) is 0 Å². The van der Waals surface area contributed by atoms with Crippen LogP contribution >= 0.6 is 22.9 Å². The number of benzene rings is 2. The van der Waals surface area contributed by atoms with Crippen molar-refractivity contribution in [1.82, 2.24) is 4.98 Å². The zero-order chi connectivity index (χ0) is 21.4. The van der Waals surface area contributed by atoms with Gasteiger partial charge in [-0.25, -0.2) is 4.98 Å². The van der Waals surface area contributed by atoms with E-state index in [4.69, 9.17) is 17.3 Å². The molecule has 2 heterocycles. The maximum atomic E-state index is 13.0. The standard InChI is InChI=1S/C23H18ClN3O2S/c1-12-10-17-19(25)21(30-23(17)26-13(12)2)22(29)27-18-9-8-15(24)11-16(18)20(28)14-6-4-3-5-7-14/h3-11H,25H2,1-2H3,(H,27,29). The Balaban J connectivity index is 1.71. The number of aromatic nitrogens is 1. The highest BCUT2D eigenvalue weighted by molar-refractivity contribution is 7.21. The van der Waals surface area contributed by atoms with E-state index < -0.39 is 5.91 Å². The van der Waals surface area contributed by atoms with Crippen molar-refractivity contribution in [3.8, 4) is 0 Å². The summed E-state index contributed by atoms with van der Waals surface area (Å²) in [5.41, 5.74) is 9.72. The molecule has 0 atom stereocenters. The van der Waals surface area contributed by atoms with Crippen LogP contribution in [0.15, 0.2) is 54.6 Å². The van der Waals surface area contributed by atoms with E-state index in [-0.39, 0.29) is 5.78 Å². The van der Waals surface area contributed by atoms with Gasteiger partial charge in [0.25, 0.3) is 5.91 Å². The molecule has 0 radical (unpaired) electrons. The SMILES string of the molecule is Cc1cc2c(N)c(C(=O)Nc3ccc(Cl)cc3C(=O)c3ccccc3)sc2nc1C. The lowest BCUT2D eigenvalue weighted by Gasteiger charge is -2.11. The van der Waals surface area contributed by atoms with E-state index in [1.165, 1.54) is 11.3 Å². The number of pyridine rings is 1. The summed E-state index contributed by atoms with van der Waals surface area (Å²) in [5.74, 6) is -0.624. The van der Waals surface area contributed by atoms with Crippen LogP contribution in [0.1, 0.15) is 36.9 Å². The number of ketones is 1. The van der Waals surface area contributed by atoms with Gasteiger partial charge in [-0.3, -0.25) is 9.59 Å². The summed E-state index contributed by atoms with van der Waals surface area (Å²) in [6, 6.07) is 15.6. The summed E-state index contributed by atoms with van der Waals surface area (Å²) in [7, 11) is 0. The van der Waals surface area contributed by atoms with E-state index in [1.807, 2.05) is 26.0 Å². The summed E-state index contributed by atoms with van der Waals surface area (Å²) in [4.78, 5) is 31.6. The molecule has 0 fully saturated rings. The van der Waals surface area contributed by atoms with Gasteiger partial charge in [0.2, 0.25) is 0 Å². The first kappa shape index (κ1) is 20.1. The van der Waals surface area contributed by atoms with Gasteiger partial charge in [-0.2, -0.15) is 0 Å². The number of hydrogen-bond donors (Lipinski definition) is 2. The van der Waals surface area contributed by atoms with E-state index in [2.05, 4.69) is 10.3 Å². The Kier molecular flexibility index (Phi) is 5.28. The molecule has 4 rings (SSSR count). The first-order valence-electron chi connectivity index (χ1n) is 9.22. The third-order valence-electron chi connectivity index (χ3n) is 4.88. The summed E-state index contributed by atoms with van der Waals surface area (Å²) >= 11 is 7.35. The molecule has 5 nitrogen and oxygen atoms in total. The maximum absolute atomic E-state index is 13.0. The molecule has 0 spiro atoms. The maximum Gasteiger partial charge on any atom is 0.267 e. The number of nitrogen functional groups attached to an aromatic ring is 1. The fourth-order valence-corrected chi connectivity index (χ4v) is 4.32. The number of halogens is 1. The van der Waals surface area contributed by atoms with Crippen molar-refractivity contribution in [1.29, 1.82) is 0 Å². The molecule has 0 saturated heterocycles.